The fourth-order valence-corrected chi connectivity index (χ4v) is 5.99. The van der Waals surface area contributed by atoms with Gasteiger partial charge in [0.2, 0.25) is 0 Å². The highest BCUT2D eigenvalue weighted by atomic mass is 19.4. The first-order valence-corrected chi connectivity index (χ1v) is 12.9. The van der Waals surface area contributed by atoms with Gasteiger partial charge in [0.25, 0.3) is 5.60 Å². The van der Waals surface area contributed by atoms with Gasteiger partial charge in [-0.15, -0.1) is 0 Å². The number of methoxy groups -OCH3 is 3. The topological polar surface area (TPSA) is 57.2 Å². The quantitative estimate of drug-likeness (QED) is 0.405. The molecule has 6 nitrogen and oxygen atoms in total. The van der Waals surface area contributed by atoms with Crippen molar-refractivity contribution in [2.75, 3.05) is 34.4 Å². The second-order valence-electron chi connectivity index (χ2n) is 10.5. The summed E-state index contributed by atoms with van der Waals surface area (Å²) in [5, 5.41) is 0. The van der Waals surface area contributed by atoms with Crippen LogP contribution in [0.3, 0.4) is 0 Å². The Morgan fingerprint density at radius 2 is 1.71 bits per heavy atom. The van der Waals surface area contributed by atoms with Gasteiger partial charge in [-0.3, -0.25) is 4.90 Å². The largest absolute Gasteiger partial charge is 0.493 e. The van der Waals surface area contributed by atoms with Crippen molar-refractivity contribution >= 4 is 5.97 Å². The molecule has 2 aromatic carbocycles. The standard InChI is InChI=1S/C29H36F3NO5/c1-18(2)13-20-17-33-12-11-19-14-25(35-3)26(36-4)15-22(19)23(33)16-24(20)38-27(34)28(37-5,29(30,31)32)21-9-7-6-8-10-21/h6-10,14-15,18,20,23-24H,11-13,16-17H2,1-5H3/t20-,23+,24-,28?/m0/s1. The second-order valence-corrected chi connectivity index (χ2v) is 10.5. The average Bonchev–Trinajstić information content (AvgIpc) is 2.88. The molecular formula is C29H36F3NO5. The number of nitrogens with zero attached hydrogens (tertiary/aromatic N) is 1. The number of carbonyl (C=O) groups is 1. The Bertz CT molecular complexity index is 1120. The zero-order valence-corrected chi connectivity index (χ0v) is 22.5. The molecule has 0 amide bonds. The van der Waals surface area contributed by atoms with E-state index in [1.165, 1.54) is 24.3 Å². The Hall–Kier alpha value is -2.78. The maximum atomic E-state index is 14.5. The average molecular weight is 536 g/mol. The highest BCUT2D eigenvalue weighted by Gasteiger charge is 2.64. The van der Waals surface area contributed by atoms with Gasteiger partial charge in [-0.1, -0.05) is 44.2 Å². The summed E-state index contributed by atoms with van der Waals surface area (Å²) in [6.45, 7) is 5.54. The van der Waals surface area contributed by atoms with Crippen LogP contribution in [0.1, 0.15) is 49.4 Å². The van der Waals surface area contributed by atoms with E-state index in [1.54, 1.807) is 20.3 Å². The molecule has 4 atom stereocenters. The predicted octanol–water partition coefficient (Wildman–Crippen LogP) is 5.69. The third-order valence-corrected chi connectivity index (χ3v) is 7.77. The van der Waals surface area contributed by atoms with Crippen LogP contribution >= 0.6 is 0 Å². The monoisotopic (exact) mass is 535 g/mol. The van der Waals surface area contributed by atoms with Crippen molar-refractivity contribution in [3.8, 4) is 11.5 Å². The van der Waals surface area contributed by atoms with E-state index < -0.39 is 23.9 Å². The molecule has 9 heteroatoms. The summed E-state index contributed by atoms with van der Waals surface area (Å²) in [5.41, 5.74) is -1.40. The van der Waals surface area contributed by atoms with Crippen molar-refractivity contribution in [1.29, 1.82) is 0 Å². The molecule has 2 heterocycles. The molecule has 2 aliphatic heterocycles. The minimum atomic E-state index is -5.02. The molecule has 1 saturated heterocycles. The summed E-state index contributed by atoms with van der Waals surface area (Å²) in [5.74, 6) is -0.0487. The molecule has 0 saturated carbocycles. The smallest absolute Gasteiger partial charge is 0.432 e. The van der Waals surface area contributed by atoms with Crippen LogP contribution in [0, 0.1) is 11.8 Å². The third kappa shape index (κ3) is 5.10. The minimum absolute atomic E-state index is 0.115. The Morgan fingerprint density at radius 3 is 2.29 bits per heavy atom. The molecule has 0 N–H and O–H groups in total. The van der Waals surface area contributed by atoms with Gasteiger partial charge in [-0.2, -0.15) is 13.2 Å². The molecular weight excluding hydrogens is 499 g/mol. The van der Waals surface area contributed by atoms with E-state index in [0.717, 1.165) is 37.6 Å². The van der Waals surface area contributed by atoms with E-state index in [4.69, 9.17) is 18.9 Å². The van der Waals surface area contributed by atoms with Crippen molar-refractivity contribution in [1.82, 2.24) is 4.90 Å². The fourth-order valence-electron chi connectivity index (χ4n) is 5.99. The first kappa shape index (κ1) is 28.2. The Morgan fingerprint density at radius 1 is 1.05 bits per heavy atom. The molecule has 0 aromatic heterocycles. The van der Waals surface area contributed by atoms with Gasteiger partial charge < -0.3 is 18.9 Å². The van der Waals surface area contributed by atoms with E-state index >= 15 is 0 Å². The summed E-state index contributed by atoms with van der Waals surface area (Å²) in [7, 11) is 4.05. The fraction of sp³-hybridized carbons (Fsp3) is 0.552. The lowest BCUT2D eigenvalue weighted by molar-refractivity contribution is -0.280. The van der Waals surface area contributed by atoms with Gasteiger partial charge >= 0.3 is 12.1 Å². The summed E-state index contributed by atoms with van der Waals surface area (Å²) < 4.78 is 65.4. The molecule has 0 radical (unpaired) electrons. The number of esters is 1. The lowest BCUT2D eigenvalue weighted by Crippen LogP contribution is -2.55. The van der Waals surface area contributed by atoms with Crippen LogP contribution in [0.4, 0.5) is 13.2 Å². The van der Waals surface area contributed by atoms with Gasteiger partial charge in [0.05, 0.1) is 14.2 Å². The number of alkyl halides is 3. The Kier molecular flexibility index (Phi) is 8.28. The molecule has 38 heavy (non-hydrogen) atoms. The maximum Gasteiger partial charge on any atom is 0.432 e. The third-order valence-electron chi connectivity index (χ3n) is 7.77. The number of ether oxygens (including phenoxy) is 4. The van der Waals surface area contributed by atoms with Crippen LogP contribution in [-0.2, 0) is 26.3 Å². The lowest BCUT2D eigenvalue weighted by Gasteiger charge is -2.47. The van der Waals surface area contributed by atoms with Crippen molar-refractivity contribution in [2.45, 2.75) is 57.0 Å². The predicted molar refractivity (Wildman–Crippen MR) is 136 cm³/mol. The van der Waals surface area contributed by atoms with E-state index in [1.807, 2.05) is 12.1 Å². The van der Waals surface area contributed by atoms with Crippen LogP contribution in [0.25, 0.3) is 0 Å². The summed E-state index contributed by atoms with van der Waals surface area (Å²) in [6.07, 6.45) is -3.82. The SMILES string of the molecule is COc1cc2c(cc1OC)[C@H]1C[C@H](OC(=O)C(OC)(c3ccccc3)C(F)(F)F)[C@@H](CC(C)C)CN1CC2. The summed E-state index contributed by atoms with van der Waals surface area (Å²) in [4.78, 5) is 15.9. The molecule has 2 aliphatic rings. The van der Waals surface area contributed by atoms with Gasteiger partial charge in [-0.05, 0) is 42.0 Å². The van der Waals surface area contributed by atoms with Crippen molar-refractivity contribution in [3.63, 3.8) is 0 Å². The normalized spacial score (nSPS) is 23.2. The van der Waals surface area contributed by atoms with Gasteiger partial charge in [-0.25, -0.2) is 4.79 Å². The summed E-state index contributed by atoms with van der Waals surface area (Å²) >= 11 is 0. The Labute approximate surface area is 222 Å². The van der Waals surface area contributed by atoms with Gasteiger partial charge in [0.1, 0.15) is 6.10 Å². The van der Waals surface area contributed by atoms with Crippen molar-refractivity contribution in [3.05, 3.63) is 59.2 Å². The molecule has 208 valence electrons. The first-order valence-electron chi connectivity index (χ1n) is 12.9. The molecule has 0 bridgehead atoms. The molecule has 2 aromatic rings. The van der Waals surface area contributed by atoms with Crippen molar-refractivity contribution < 1.29 is 36.9 Å². The number of rotatable bonds is 8. The number of carbonyl (C=O) groups excluding carboxylic acids is 1. The van der Waals surface area contributed by atoms with Crippen LogP contribution in [0.5, 0.6) is 11.5 Å². The highest BCUT2D eigenvalue weighted by molar-refractivity contribution is 5.83. The number of piperidine rings is 1. The molecule has 1 fully saturated rings. The van der Waals surface area contributed by atoms with E-state index in [9.17, 15) is 18.0 Å². The molecule has 4 rings (SSSR count). The van der Waals surface area contributed by atoms with Crippen molar-refractivity contribution in [2.24, 2.45) is 11.8 Å². The van der Waals surface area contributed by atoms with Gasteiger partial charge in [0.15, 0.2) is 11.5 Å². The number of benzene rings is 2. The number of fused-ring (bicyclic) bond motifs is 3. The maximum absolute atomic E-state index is 14.5. The van der Waals surface area contributed by atoms with Gasteiger partial charge in [0, 0.05) is 44.1 Å². The number of halogens is 3. The van der Waals surface area contributed by atoms with E-state index in [2.05, 4.69) is 18.7 Å². The van der Waals surface area contributed by atoms with E-state index in [0.29, 0.717) is 24.5 Å². The molecule has 0 aliphatic carbocycles. The molecule has 1 unspecified atom stereocenters. The minimum Gasteiger partial charge on any atom is -0.493 e. The molecule has 0 spiro atoms. The van der Waals surface area contributed by atoms with Crippen LogP contribution < -0.4 is 9.47 Å². The number of hydrogen-bond acceptors (Lipinski definition) is 6. The zero-order valence-electron chi connectivity index (χ0n) is 22.5. The first-order chi connectivity index (χ1) is 18.0. The summed E-state index contributed by atoms with van der Waals surface area (Å²) in [6, 6.07) is 10.7. The van der Waals surface area contributed by atoms with Crippen LogP contribution in [0.2, 0.25) is 0 Å². The van der Waals surface area contributed by atoms with E-state index in [-0.39, 0.29) is 23.4 Å². The number of hydrogen-bond donors (Lipinski definition) is 0. The zero-order chi connectivity index (χ0) is 27.7. The van der Waals surface area contributed by atoms with Crippen LogP contribution in [0.15, 0.2) is 42.5 Å². The van der Waals surface area contributed by atoms with Crippen LogP contribution in [-0.4, -0.2) is 57.6 Å². The second kappa shape index (κ2) is 11.1. The Balaban J connectivity index is 1.70. The lowest BCUT2D eigenvalue weighted by atomic mass is 9.79. The highest BCUT2D eigenvalue weighted by Crippen LogP contribution is 2.47.